The van der Waals surface area contributed by atoms with Gasteiger partial charge >= 0.3 is 11.1 Å². The largest absolute Gasteiger partial charge is 1.00 e. The molecule has 0 unspecified atom stereocenters. The highest BCUT2D eigenvalue weighted by Crippen LogP contribution is 2.12. The van der Waals surface area contributed by atoms with Crippen molar-refractivity contribution in [3.05, 3.63) is 46.5 Å². The molecule has 0 aliphatic carbocycles. The molecule has 0 aliphatic rings. The molecule has 1 aromatic carbocycles. The average molecular weight is 399 g/mol. The molecule has 1 aromatic heterocycles. The van der Waals surface area contributed by atoms with E-state index in [4.69, 9.17) is 10.5 Å². The molecule has 124 valence electrons. The van der Waals surface area contributed by atoms with Gasteiger partial charge in [0.2, 0.25) is 5.78 Å². The highest BCUT2D eigenvalue weighted by Gasteiger charge is 2.21. The minimum absolute atomic E-state index is 0. The van der Waals surface area contributed by atoms with Crippen LogP contribution in [-0.2, 0) is 22.5 Å². The highest BCUT2D eigenvalue weighted by atomic mass is 79.9. The zero-order chi connectivity index (χ0) is 16.1. The third-order valence-electron chi connectivity index (χ3n) is 3.20. The molecule has 0 spiro atoms. The number of carbonyl (C=O) groups excluding carboxylic acids is 2. The number of rotatable bonds is 6. The van der Waals surface area contributed by atoms with Crippen LogP contribution in [-0.4, -0.2) is 18.4 Å². The standard InChI is InChI=1S/C16H18N2O3S.BrH/c1-3-21-15(20)8-13-10-22-16(17)18(13)9-14(19)12-6-4-5-11(2)7-12;/h4-7,10,17H,3,8-9H2,1-2H3;1H. The number of carbonyl (C=O) groups is 2. The van der Waals surface area contributed by atoms with Gasteiger partial charge in [-0.3, -0.25) is 15.3 Å². The summed E-state index contributed by atoms with van der Waals surface area (Å²) in [6.07, 6.45) is 0.114. The van der Waals surface area contributed by atoms with Crippen molar-refractivity contribution in [1.29, 1.82) is 0 Å². The lowest BCUT2D eigenvalue weighted by atomic mass is 10.1. The first kappa shape index (κ1) is 19.3. The summed E-state index contributed by atoms with van der Waals surface area (Å²) in [5, 5.41) is 2.29. The van der Waals surface area contributed by atoms with Crippen LogP contribution in [0.4, 0.5) is 5.13 Å². The van der Waals surface area contributed by atoms with Crippen LogP contribution in [0.3, 0.4) is 0 Å². The Morgan fingerprint density at radius 3 is 2.74 bits per heavy atom. The van der Waals surface area contributed by atoms with E-state index in [1.807, 2.05) is 25.1 Å². The Labute approximate surface area is 149 Å². The second-order valence-corrected chi connectivity index (χ2v) is 5.82. The molecule has 0 saturated carbocycles. The number of thiazole rings is 1. The van der Waals surface area contributed by atoms with Crippen molar-refractivity contribution in [2.45, 2.75) is 26.8 Å². The first-order chi connectivity index (χ1) is 10.5. The number of esters is 1. The van der Waals surface area contributed by atoms with Crippen LogP contribution < -0.4 is 27.3 Å². The van der Waals surface area contributed by atoms with Crippen molar-refractivity contribution < 1.29 is 35.9 Å². The Kier molecular flexibility index (Phi) is 7.38. The number of hydrogen-bond donors (Lipinski definition) is 1. The van der Waals surface area contributed by atoms with Gasteiger partial charge in [-0.25, -0.2) is 4.57 Å². The number of halogens is 1. The van der Waals surface area contributed by atoms with E-state index in [-0.39, 0.29) is 41.7 Å². The maximum Gasteiger partial charge on any atom is 0.332 e. The second kappa shape index (κ2) is 8.79. The minimum atomic E-state index is -0.322. The van der Waals surface area contributed by atoms with E-state index in [1.165, 1.54) is 11.3 Å². The lowest BCUT2D eigenvalue weighted by molar-refractivity contribution is -0.671. The smallest absolute Gasteiger partial charge is 0.332 e. The molecular weight excluding hydrogens is 380 g/mol. The lowest BCUT2D eigenvalue weighted by Crippen LogP contribution is -3.00. The molecule has 0 fully saturated rings. The molecule has 0 atom stereocenters. The number of ketones is 1. The van der Waals surface area contributed by atoms with Gasteiger partial charge in [0.15, 0.2) is 6.54 Å². The molecular formula is C16H19BrN2O3S. The van der Waals surface area contributed by atoms with Gasteiger partial charge in [-0.05, 0) is 19.9 Å². The zero-order valence-electron chi connectivity index (χ0n) is 13.0. The van der Waals surface area contributed by atoms with Crippen LogP contribution in [0.2, 0.25) is 0 Å². The number of nitrogens with zero attached hydrogens (tertiary/aromatic N) is 1. The molecule has 0 saturated heterocycles. The third kappa shape index (κ3) is 5.14. The summed E-state index contributed by atoms with van der Waals surface area (Å²) < 4.78 is 6.61. The topological polar surface area (TPSA) is 73.3 Å². The Morgan fingerprint density at radius 2 is 2.09 bits per heavy atom. The number of aromatic nitrogens is 1. The van der Waals surface area contributed by atoms with Gasteiger partial charge in [-0.1, -0.05) is 35.1 Å². The van der Waals surface area contributed by atoms with E-state index in [2.05, 4.69) is 0 Å². The number of nitrogens with two attached hydrogens (primary N) is 1. The maximum absolute atomic E-state index is 12.4. The molecule has 23 heavy (non-hydrogen) atoms. The molecule has 2 N–H and O–H groups in total. The average Bonchev–Trinajstić information content (AvgIpc) is 2.80. The fourth-order valence-corrected chi connectivity index (χ4v) is 2.90. The van der Waals surface area contributed by atoms with Crippen molar-refractivity contribution in [3.63, 3.8) is 0 Å². The van der Waals surface area contributed by atoms with Gasteiger partial charge < -0.3 is 21.7 Å². The highest BCUT2D eigenvalue weighted by molar-refractivity contribution is 7.13. The summed E-state index contributed by atoms with van der Waals surface area (Å²) in [6.45, 7) is 4.15. The molecule has 0 bridgehead atoms. The van der Waals surface area contributed by atoms with E-state index in [0.29, 0.717) is 23.0 Å². The van der Waals surface area contributed by atoms with Gasteiger partial charge in [0, 0.05) is 10.9 Å². The quantitative estimate of drug-likeness (QED) is 0.381. The summed E-state index contributed by atoms with van der Waals surface area (Å²) in [7, 11) is 0. The summed E-state index contributed by atoms with van der Waals surface area (Å²) in [5.41, 5.74) is 8.29. The van der Waals surface area contributed by atoms with Crippen molar-refractivity contribution in [2.24, 2.45) is 0 Å². The molecule has 2 aromatic rings. The Hall–Kier alpha value is -1.73. The van der Waals surface area contributed by atoms with Crippen molar-refractivity contribution in [1.82, 2.24) is 0 Å². The van der Waals surface area contributed by atoms with Gasteiger partial charge in [-0.2, -0.15) is 0 Å². The maximum atomic E-state index is 12.4. The van der Waals surface area contributed by atoms with Crippen LogP contribution in [0.15, 0.2) is 29.6 Å². The third-order valence-corrected chi connectivity index (χ3v) is 4.05. The summed E-state index contributed by atoms with van der Waals surface area (Å²) in [4.78, 5) is 24.0. The molecule has 2 rings (SSSR count). The fraction of sp³-hybridized carbons (Fsp3) is 0.312. The molecule has 0 radical (unpaired) electrons. The van der Waals surface area contributed by atoms with Crippen LogP contribution >= 0.6 is 11.3 Å². The van der Waals surface area contributed by atoms with Crippen molar-refractivity contribution >= 4 is 28.2 Å². The summed E-state index contributed by atoms with van der Waals surface area (Å²) in [6, 6.07) is 7.42. The van der Waals surface area contributed by atoms with Crippen molar-refractivity contribution in [3.8, 4) is 0 Å². The van der Waals surface area contributed by atoms with Gasteiger partial charge in [0.1, 0.15) is 12.1 Å². The van der Waals surface area contributed by atoms with Gasteiger partial charge in [0.25, 0.3) is 0 Å². The van der Waals surface area contributed by atoms with Crippen LogP contribution in [0.1, 0.15) is 28.5 Å². The number of aryl methyl sites for hydroxylation is 1. The number of hydrogen-bond acceptors (Lipinski definition) is 5. The summed E-state index contributed by atoms with van der Waals surface area (Å²) >= 11 is 1.31. The molecule has 5 nitrogen and oxygen atoms in total. The fourth-order valence-electron chi connectivity index (χ4n) is 2.13. The van der Waals surface area contributed by atoms with Crippen LogP contribution in [0.25, 0.3) is 0 Å². The first-order valence-electron chi connectivity index (χ1n) is 7.02. The van der Waals surface area contributed by atoms with E-state index in [1.54, 1.807) is 22.9 Å². The van der Waals surface area contributed by atoms with Crippen LogP contribution in [0, 0.1) is 6.92 Å². The van der Waals surface area contributed by atoms with Crippen LogP contribution in [0.5, 0.6) is 0 Å². The van der Waals surface area contributed by atoms with E-state index in [9.17, 15) is 9.59 Å². The lowest BCUT2D eigenvalue weighted by Gasteiger charge is -2.05. The number of benzene rings is 1. The molecule has 0 amide bonds. The predicted octanol–water partition coefficient (Wildman–Crippen LogP) is -1.08. The van der Waals surface area contributed by atoms with E-state index in [0.717, 1.165) is 5.56 Å². The molecule has 7 heteroatoms. The Balaban J connectivity index is 0.00000264. The monoisotopic (exact) mass is 398 g/mol. The predicted molar refractivity (Wildman–Crippen MR) is 84.8 cm³/mol. The number of nitrogen functional groups attached to an aromatic ring is 1. The van der Waals surface area contributed by atoms with Crippen molar-refractivity contribution in [2.75, 3.05) is 12.3 Å². The SMILES string of the molecule is CCOC(=O)Cc1csc(N)[n+]1CC(=O)c1cccc(C)c1.[Br-]. The van der Waals surface area contributed by atoms with E-state index < -0.39 is 0 Å². The Morgan fingerprint density at radius 1 is 1.35 bits per heavy atom. The number of anilines is 1. The number of ether oxygens (including phenoxy) is 1. The van der Waals surface area contributed by atoms with Gasteiger partial charge in [-0.15, -0.1) is 0 Å². The number of Topliss-reactive ketones (excluding diaryl/α,β-unsaturated/α-hetero) is 1. The minimum Gasteiger partial charge on any atom is -1.00 e. The first-order valence-corrected chi connectivity index (χ1v) is 7.90. The Bertz CT molecular complexity index is 700. The zero-order valence-corrected chi connectivity index (χ0v) is 15.4. The molecule has 1 heterocycles. The van der Waals surface area contributed by atoms with E-state index >= 15 is 0 Å². The second-order valence-electron chi connectivity index (χ2n) is 4.93. The normalized spacial score (nSPS) is 10.0. The summed E-state index contributed by atoms with van der Waals surface area (Å²) in [5.74, 6) is -0.360. The molecule has 0 aliphatic heterocycles. The van der Waals surface area contributed by atoms with Gasteiger partial charge in [0.05, 0.1) is 6.61 Å².